The number of carbonyl (C=O) groups is 2. The summed E-state index contributed by atoms with van der Waals surface area (Å²) in [6.45, 7) is 3.84. The first-order valence-electron chi connectivity index (χ1n) is 8.38. The predicted octanol–water partition coefficient (Wildman–Crippen LogP) is 1.61. The summed E-state index contributed by atoms with van der Waals surface area (Å²) in [6.07, 6.45) is 4.57. The minimum atomic E-state index is -0.520. The molecule has 0 radical (unpaired) electrons. The molecule has 1 aliphatic heterocycles. The number of hydrogen-bond donors (Lipinski definition) is 0. The predicted molar refractivity (Wildman–Crippen MR) is 89.1 cm³/mol. The van der Waals surface area contributed by atoms with E-state index < -0.39 is 5.97 Å². The molecule has 0 N–H and O–H groups in total. The normalized spacial score (nSPS) is 20.3. The van der Waals surface area contributed by atoms with Gasteiger partial charge in [0.25, 0.3) is 5.91 Å². The number of esters is 1. The Kier molecular flexibility index (Phi) is 5.06. The lowest BCUT2D eigenvalue weighted by atomic mass is 9.97. The average molecular weight is 343 g/mol. The number of rotatable bonds is 4. The number of piperidine rings is 1. The molecule has 0 unspecified atom stereocenters. The van der Waals surface area contributed by atoms with Crippen LogP contribution in [0.2, 0.25) is 0 Å². The molecule has 1 fully saturated rings. The Morgan fingerprint density at radius 1 is 1.16 bits per heavy atom. The standard InChI is InChI=1S/C17H21N5O3/c1-12-4-3-5-13(2)22(12)16(23)10-25-17(24)14-6-8-15(9-7-14)21-11-18-19-20-21/h6-9,11-13H,3-5,10H2,1-2H3/t12-,13+. The van der Waals surface area contributed by atoms with Crippen molar-refractivity contribution in [3.05, 3.63) is 36.2 Å². The quantitative estimate of drug-likeness (QED) is 0.784. The molecule has 8 nitrogen and oxygen atoms in total. The summed E-state index contributed by atoms with van der Waals surface area (Å²) in [5.74, 6) is -0.660. The van der Waals surface area contributed by atoms with E-state index in [-0.39, 0.29) is 24.6 Å². The van der Waals surface area contributed by atoms with Gasteiger partial charge in [-0.3, -0.25) is 4.79 Å². The Labute approximate surface area is 145 Å². The van der Waals surface area contributed by atoms with E-state index in [0.29, 0.717) is 5.56 Å². The van der Waals surface area contributed by atoms with E-state index in [1.807, 2.05) is 18.7 Å². The van der Waals surface area contributed by atoms with Gasteiger partial charge in [-0.05, 0) is 67.8 Å². The zero-order chi connectivity index (χ0) is 17.8. The summed E-state index contributed by atoms with van der Waals surface area (Å²) in [5.41, 5.74) is 1.11. The third kappa shape index (κ3) is 3.84. The van der Waals surface area contributed by atoms with Crippen LogP contribution in [0.5, 0.6) is 0 Å². The largest absolute Gasteiger partial charge is 0.452 e. The molecule has 0 saturated carbocycles. The molecule has 3 rings (SSSR count). The summed E-state index contributed by atoms with van der Waals surface area (Å²) in [4.78, 5) is 26.4. The van der Waals surface area contributed by atoms with E-state index >= 15 is 0 Å². The van der Waals surface area contributed by atoms with Gasteiger partial charge in [0, 0.05) is 12.1 Å². The third-order valence-corrected chi connectivity index (χ3v) is 4.52. The first kappa shape index (κ1) is 17.1. The SMILES string of the molecule is C[C@@H]1CCC[C@H](C)N1C(=O)COC(=O)c1ccc(-n2cnnn2)cc1. The van der Waals surface area contributed by atoms with Crippen LogP contribution in [0.4, 0.5) is 0 Å². The minimum absolute atomic E-state index is 0.140. The van der Waals surface area contributed by atoms with Gasteiger partial charge in [-0.2, -0.15) is 0 Å². The van der Waals surface area contributed by atoms with Crippen molar-refractivity contribution in [3.63, 3.8) is 0 Å². The third-order valence-electron chi connectivity index (χ3n) is 4.52. The van der Waals surface area contributed by atoms with Gasteiger partial charge in [0.2, 0.25) is 0 Å². The number of ether oxygens (including phenoxy) is 1. The van der Waals surface area contributed by atoms with Crippen molar-refractivity contribution in [1.82, 2.24) is 25.1 Å². The summed E-state index contributed by atoms with van der Waals surface area (Å²) in [5, 5.41) is 10.9. The lowest BCUT2D eigenvalue weighted by Crippen LogP contribution is -2.49. The topological polar surface area (TPSA) is 90.2 Å². The lowest BCUT2D eigenvalue weighted by molar-refractivity contribution is -0.140. The fourth-order valence-corrected chi connectivity index (χ4v) is 3.23. The molecule has 25 heavy (non-hydrogen) atoms. The van der Waals surface area contributed by atoms with E-state index in [1.165, 1.54) is 11.0 Å². The number of nitrogens with zero attached hydrogens (tertiary/aromatic N) is 5. The molecule has 0 aliphatic carbocycles. The fraction of sp³-hybridized carbons (Fsp3) is 0.471. The van der Waals surface area contributed by atoms with Crippen molar-refractivity contribution in [1.29, 1.82) is 0 Å². The van der Waals surface area contributed by atoms with Crippen molar-refractivity contribution in [2.75, 3.05) is 6.61 Å². The highest BCUT2D eigenvalue weighted by Gasteiger charge is 2.29. The first-order chi connectivity index (χ1) is 12.1. The second-order valence-corrected chi connectivity index (χ2v) is 6.31. The highest BCUT2D eigenvalue weighted by atomic mass is 16.5. The molecule has 2 atom stereocenters. The highest BCUT2D eigenvalue weighted by molar-refractivity contribution is 5.91. The van der Waals surface area contributed by atoms with Crippen LogP contribution in [0, 0.1) is 0 Å². The maximum absolute atomic E-state index is 12.4. The average Bonchev–Trinajstić information content (AvgIpc) is 3.14. The number of aromatic nitrogens is 4. The van der Waals surface area contributed by atoms with Crippen molar-refractivity contribution in [2.45, 2.75) is 45.2 Å². The van der Waals surface area contributed by atoms with E-state index in [4.69, 9.17) is 4.74 Å². The Morgan fingerprint density at radius 2 is 1.84 bits per heavy atom. The molecule has 2 heterocycles. The number of carbonyl (C=O) groups excluding carboxylic acids is 2. The molecule has 132 valence electrons. The molecule has 0 spiro atoms. The molecule has 1 aromatic heterocycles. The van der Waals surface area contributed by atoms with Crippen LogP contribution in [0.25, 0.3) is 5.69 Å². The number of benzene rings is 1. The Bertz CT molecular complexity index is 719. The van der Waals surface area contributed by atoms with Gasteiger partial charge in [-0.1, -0.05) is 0 Å². The van der Waals surface area contributed by atoms with E-state index in [0.717, 1.165) is 24.9 Å². The van der Waals surface area contributed by atoms with Gasteiger partial charge in [-0.15, -0.1) is 5.10 Å². The molecule has 0 bridgehead atoms. The summed E-state index contributed by atoms with van der Waals surface area (Å²) < 4.78 is 6.68. The smallest absolute Gasteiger partial charge is 0.338 e. The van der Waals surface area contributed by atoms with E-state index in [1.54, 1.807) is 24.3 Å². The molecule has 2 aromatic rings. The van der Waals surface area contributed by atoms with Gasteiger partial charge in [0.1, 0.15) is 6.33 Å². The number of likely N-dealkylation sites (tertiary alicyclic amines) is 1. The van der Waals surface area contributed by atoms with Crippen LogP contribution < -0.4 is 0 Å². The van der Waals surface area contributed by atoms with Crippen LogP contribution in [0.1, 0.15) is 43.5 Å². The van der Waals surface area contributed by atoms with E-state index in [2.05, 4.69) is 15.5 Å². The van der Waals surface area contributed by atoms with Gasteiger partial charge in [0.15, 0.2) is 6.61 Å². The van der Waals surface area contributed by atoms with Crippen molar-refractivity contribution < 1.29 is 14.3 Å². The number of tetrazole rings is 1. The number of hydrogen-bond acceptors (Lipinski definition) is 6. The monoisotopic (exact) mass is 343 g/mol. The second kappa shape index (κ2) is 7.42. The van der Waals surface area contributed by atoms with Crippen molar-refractivity contribution >= 4 is 11.9 Å². The van der Waals surface area contributed by atoms with Crippen molar-refractivity contribution in [3.8, 4) is 5.69 Å². The van der Waals surface area contributed by atoms with Crippen LogP contribution >= 0.6 is 0 Å². The van der Waals surface area contributed by atoms with Crippen LogP contribution in [-0.2, 0) is 9.53 Å². The second-order valence-electron chi connectivity index (χ2n) is 6.31. The van der Waals surface area contributed by atoms with Gasteiger partial charge >= 0.3 is 5.97 Å². The lowest BCUT2D eigenvalue weighted by Gasteiger charge is -2.38. The Hall–Kier alpha value is -2.77. The van der Waals surface area contributed by atoms with E-state index in [9.17, 15) is 9.59 Å². The zero-order valence-electron chi connectivity index (χ0n) is 14.3. The van der Waals surface area contributed by atoms with Crippen LogP contribution in [0.3, 0.4) is 0 Å². The van der Waals surface area contributed by atoms with Gasteiger partial charge < -0.3 is 9.64 Å². The Balaban J connectivity index is 1.58. The van der Waals surface area contributed by atoms with Gasteiger partial charge in [-0.25, -0.2) is 9.48 Å². The minimum Gasteiger partial charge on any atom is -0.452 e. The van der Waals surface area contributed by atoms with Crippen molar-refractivity contribution in [2.24, 2.45) is 0 Å². The van der Waals surface area contributed by atoms with Crippen LogP contribution in [0.15, 0.2) is 30.6 Å². The summed E-state index contributed by atoms with van der Waals surface area (Å²) >= 11 is 0. The summed E-state index contributed by atoms with van der Waals surface area (Å²) in [6, 6.07) is 7.04. The number of amides is 1. The molecule has 8 heteroatoms. The van der Waals surface area contributed by atoms with Gasteiger partial charge in [0.05, 0.1) is 11.3 Å². The molecule has 1 aliphatic rings. The highest BCUT2D eigenvalue weighted by Crippen LogP contribution is 2.22. The fourth-order valence-electron chi connectivity index (χ4n) is 3.23. The molecule has 1 amide bonds. The summed E-state index contributed by atoms with van der Waals surface area (Å²) in [7, 11) is 0. The molecule has 1 saturated heterocycles. The molecule has 1 aromatic carbocycles. The molecular formula is C17H21N5O3. The zero-order valence-corrected chi connectivity index (χ0v) is 14.3. The maximum Gasteiger partial charge on any atom is 0.338 e. The Morgan fingerprint density at radius 3 is 2.44 bits per heavy atom. The molecular weight excluding hydrogens is 322 g/mol. The maximum atomic E-state index is 12.4. The van der Waals surface area contributed by atoms with Crippen LogP contribution in [-0.4, -0.2) is 55.7 Å². The first-order valence-corrected chi connectivity index (χ1v) is 8.38.